The van der Waals surface area contributed by atoms with Gasteiger partial charge >= 0.3 is 0 Å². The molecule has 40 valence electrons. The van der Waals surface area contributed by atoms with Crippen molar-refractivity contribution >= 4 is 17.6 Å². The Morgan fingerprint density at radius 3 is 1.67 bits per heavy atom. The Morgan fingerprint density at radius 1 is 1.50 bits per heavy atom. The van der Waals surface area contributed by atoms with Crippen LogP contribution in [0.2, 0.25) is 0 Å². The van der Waals surface area contributed by atoms with Crippen molar-refractivity contribution in [2.75, 3.05) is 5.90 Å². The molecule has 0 aromatic rings. The second kappa shape index (κ2) is 16.5. The maximum atomic E-state index is 5.01. The van der Waals surface area contributed by atoms with E-state index >= 15 is 0 Å². The van der Waals surface area contributed by atoms with Crippen molar-refractivity contribution in [2.45, 2.75) is 0 Å². The van der Waals surface area contributed by atoms with Crippen LogP contribution in [-0.4, -0.2) is 5.90 Å². The largest absolute Gasteiger partial charge is 1.00 e. The Morgan fingerprint density at radius 2 is 1.67 bits per heavy atom. The molecule has 1 unspecified atom stereocenters. The summed E-state index contributed by atoms with van der Waals surface area (Å²) in [6, 6.07) is 0. The number of hydrogen-bond donors (Lipinski definition) is 1. The van der Waals surface area contributed by atoms with E-state index in [1.165, 1.54) is 0 Å². The lowest BCUT2D eigenvalue weighted by molar-refractivity contribution is -0.0754. The highest BCUT2D eigenvalue weighted by molar-refractivity contribution is 7.39. The lowest BCUT2D eigenvalue weighted by Crippen LogP contribution is -3.00. The van der Waals surface area contributed by atoms with Crippen LogP contribution in [0, 0.1) is 0 Å². The second-order valence-electron chi connectivity index (χ2n) is 0.406. The lowest BCUT2D eigenvalue weighted by Gasteiger charge is -1.40. The van der Waals surface area contributed by atoms with Gasteiger partial charge in [-0.2, -0.15) is 0 Å². The third-order valence-corrected chi connectivity index (χ3v) is 1.16. The molecule has 0 amide bonds. The van der Waals surface area contributed by atoms with E-state index in [1.54, 1.807) is 0 Å². The molecule has 0 aliphatic carbocycles. The van der Waals surface area contributed by atoms with E-state index in [4.69, 9.17) is 5.16 Å². The summed E-state index contributed by atoms with van der Waals surface area (Å²) in [5.74, 6) is 1.10. The number of hydrogen-bond acceptors (Lipinski definition) is 0. The standard InChI is InChI=1S/CH5NP2.2ClH/c2-4-1-3;;/h2H,1,3H2;2*1H. The van der Waals surface area contributed by atoms with E-state index in [0.29, 0.717) is 0 Å². The summed E-state index contributed by atoms with van der Waals surface area (Å²) in [7, 11) is 2.90. The van der Waals surface area contributed by atoms with Crippen LogP contribution >= 0.6 is 17.6 Å². The van der Waals surface area contributed by atoms with Gasteiger partial charge in [-0.05, 0) is 9.24 Å². The SMILES string of the molecule is [Cl-].[Cl-].[NH2+]=PC[PH3+]. The smallest absolute Gasteiger partial charge is 0.245 e. The Hall–Kier alpha value is 1.11. The molecule has 0 spiro atoms. The Bertz CT molecular complexity index is 25.5. The second-order valence-corrected chi connectivity index (χ2v) is 2.56. The normalized spacial score (nSPS) is 6.00. The maximum absolute atomic E-state index is 5.01. The van der Waals surface area contributed by atoms with Gasteiger partial charge in [0, 0.05) is 0 Å². The minimum absolute atomic E-state index is 0. The average molecular weight is 166 g/mol. The fourth-order valence-electron chi connectivity index (χ4n) is 0. The third-order valence-electron chi connectivity index (χ3n) is 0.129. The van der Waals surface area contributed by atoms with Gasteiger partial charge in [-0.1, -0.05) is 0 Å². The number of rotatable bonds is 1. The maximum Gasteiger partial charge on any atom is 0.245 e. The van der Waals surface area contributed by atoms with E-state index in [2.05, 4.69) is 0 Å². The molecule has 0 rings (SSSR count). The van der Waals surface area contributed by atoms with Crippen molar-refractivity contribution in [3.8, 4) is 0 Å². The van der Waals surface area contributed by atoms with E-state index in [1.807, 2.05) is 9.24 Å². The van der Waals surface area contributed by atoms with Crippen molar-refractivity contribution in [3.63, 3.8) is 0 Å². The number of halogens is 2. The molecule has 6 heavy (non-hydrogen) atoms. The van der Waals surface area contributed by atoms with Crippen molar-refractivity contribution in [3.05, 3.63) is 0 Å². The minimum Gasteiger partial charge on any atom is -1.00 e. The molecule has 0 fully saturated rings. The first kappa shape index (κ1) is 15.7. The van der Waals surface area contributed by atoms with Gasteiger partial charge in [0.1, 0.15) is 0 Å². The highest BCUT2D eigenvalue weighted by atomic mass is 35.5. The van der Waals surface area contributed by atoms with Crippen molar-refractivity contribution in [1.29, 1.82) is 0 Å². The molecular formula is CH7Cl2NP2. The molecule has 0 saturated carbocycles. The molecule has 0 aromatic heterocycles. The highest BCUT2D eigenvalue weighted by Crippen LogP contribution is 1.89. The Balaban J connectivity index is -0.0000000450. The van der Waals surface area contributed by atoms with Gasteiger partial charge in [0.2, 0.25) is 8.37 Å². The van der Waals surface area contributed by atoms with Crippen LogP contribution in [0.5, 0.6) is 0 Å². The van der Waals surface area contributed by atoms with Crippen molar-refractivity contribution in [1.82, 2.24) is 0 Å². The molecule has 2 N–H and O–H groups in total. The Kier molecular flexibility index (Phi) is 43.2. The molecule has 5 heteroatoms. The van der Waals surface area contributed by atoms with Gasteiger partial charge in [-0.3, -0.25) is 0 Å². The predicted molar refractivity (Wildman–Crippen MR) is 24.8 cm³/mol. The van der Waals surface area contributed by atoms with Gasteiger partial charge < -0.3 is 24.8 Å². The number of nitrogens with two attached hydrogens (primary N) is 1. The summed E-state index contributed by atoms with van der Waals surface area (Å²) in [4.78, 5) is 0. The van der Waals surface area contributed by atoms with E-state index in [0.717, 1.165) is 14.3 Å². The van der Waals surface area contributed by atoms with Crippen LogP contribution in [0.4, 0.5) is 0 Å². The average Bonchev–Trinajstić information content (AvgIpc) is 1.37. The van der Waals surface area contributed by atoms with Gasteiger partial charge in [0.15, 0.2) is 5.90 Å². The van der Waals surface area contributed by atoms with E-state index in [9.17, 15) is 0 Å². The first-order chi connectivity index (χ1) is 1.91. The summed E-state index contributed by atoms with van der Waals surface area (Å²) in [6.45, 7) is 0. The summed E-state index contributed by atoms with van der Waals surface area (Å²) < 4.78 is 0. The quantitative estimate of drug-likeness (QED) is 0.375. The molecule has 0 aromatic carbocycles. The third kappa shape index (κ3) is 19.4. The summed E-state index contributed by atoms with van der Waals surface area (Å²) >= 11 is 0. The monoisotopic (exact) mass is 165 g/mol. The molecule has 0 aliphatic heterocycles. The molecular weight excluding hydrogens is 159 g/mol. The van der Waals surface area contributed by atoms with Crippen molar-refractivity contribution < 1.29 is 30.0 Å². The lowest BCUT2D eigenvalue weighted by atomic mass is 11.9. The molecule has 1 atom stereocenters. The van der Waals surface area contributed by atoms with Crippen molar-refractivity contribution in [2.24, 2.45) is 0 Å². The zero-order chi connectivity index (χ0) is 3.41. The first-order valence-corrected chi connectivity index (χ1v) is 3.22. The highest BCUT2D eigenvalue weighted by Gasteiger charge is 1.64. The van der Waals surface area contributed by atoms with Gasteiger partial charge in [0.25, 0.3) is 0 Å². The van der Waals surface area contributed by atoms with Crippen LogP contribution in [0.3, 0.4) is 0 Å². The Labute approximate surface area is 54.0 Å². The van der Waals surface area contributed by atoms with Crippen LogP contribution in [0.1, 0.15) is 0 Å². The zero-order valence-electron chi connectivity index (χ0n) is 3.19. The molecule has 0 bridgehead atoms. The molecule has 0 heterocycles. The molecule has 0 saturated heterocycles. The summed E-state index contributed by atoms with van der Waals surface area (Å²) in [5, 5.41) is 5.01. The summed E-state index contributed by atoms with van der Waals surface area (Å²) in [5.41, 5.74) is 0. The topological polar surface area (TPSA) is 25.6 Å². The van der Waals surface area contributed by atoms with Crippen LogP contribution < -0.4 is 30.0 Å². The van der Waals surface area contributed by atoms with Crippen LogP contribution in [-0.2, 0) is 0 Å². The molecule has 0 radical (unpaired) electrons. The molecule has 1 nitrogen and oxygen atoms in total. The van der Waals surface area contributed by atoms with Crippen LogP contribution in [0.15, 0.2) is 0 Å². The summed E-state index contributed by atoms with van der Waals surface area (Å²) in [6.07, 6.45) is 0. The van der Waals surface area contributed by atoms with Crippen LogP contribution in [0.25, 0.3) is 0 Å². The van der Waals surface area contributed by atoms with Gasteiger partial charge in [0.05, 0.1) is 0 Å². The van der Waals surface area contributed by atoms with Gasteiger partial charge in [-0.25, -0.2) is 5.16 Å². The molecule has 0 aliphatic rings. The fraction of sp³-hybridized carbons (Fsp3) is 1.00. The fourth-order valence-corrected chi connectivity index (χ4v) is 0. The van der Waals surface area contributed by atoms with E-state index in [-0.39, 0.29) is 24.8 Å². The predicted octanol–water partition coefficient (Wildman–Crippen LogP) is -6.55. The first-order valence-electron chi connectivity index (χ1n) is 1.07. The van der Waals surface area contributed by atoms with Gasteiger partial charge in [-0.15, -0.1) is 0 Å². The van der Waals surface area contributed by atoms with E-state index < -0.39 is 0 Å². The zero-order valence-corrected chi connectivity index (χ0v) is 7.02. The minimum atomic E-state index is 0.